The van der Waals surface area contributed by atoms with Crippen molar-refractivity contribution in [2.24, 2.45) is 17.3 Å². The average molecular weight is 502 g/mol. The highest BCUT2D eigenvalue weighted by atomic mass is 19.1. The molecule has 3 atom stereocenters. The second kappa shape index (κ2) is 9.44. The highest BCUT2D eigenvalue weighted by Crippen LogP contribution is 2.76. The number of ether oxygens (including phenoxy) is 1. The molecule has 2 aliphatic carbocycles. The van der Waals surface area contributed by atoms with Crippen molar-refractivity contribution in [2.75, 3.05) is 37.6 Å². The van der Waals surface area contributed by atoms with Crippen LogP contribution in [0.4, 0.5) is 10.1 Å². The molecule has 6 heteroatoms. The van der Waals surface area contributed by atoms with Crippen LogP contribution in [-0.2, 0) is 14.9 Å². The predicted molar refractivity (Wildman–Crippen MR) is 141 cm³/mol. The zero-order chi connectivity index (χ0) is 25.6. The molecule has 4 aliphatic rings. The van der Waals surface area contributed by atoms with E-state index in [4.69, 9.17) is 10.00 Å². The maximum Gasteiger partial charge on any atom is 0.302 e. The van der Waals surface area contributed by atoms with Crippen LogP contribution >= 0.6 is 0 Å². The van der Waals surface area contributed by atoms with E-state index in [0.29, 0.717) is 17.4 Å². The van der Waals surface area contributed by atoms with E-state index in [0.717, 1.165) is 76.8 Å². The van der Waals surface area contributed by atoms with Crippen LogP contribution in [0.2, 0.25) is 0 Å². The van der Waals surface area contributed by atoms with Gasteiger partial charge in [0.25, 0.3) is 0 Å². The van der Waals surface area contributed by atoms with Crippen LogP contribution in [0.3, 0.4) is 0 Å². The van der Waals surface area contributed by atoms with Crippen LogP contribution < -0.4 is 4.90 Å². The van der Waals surface area contributed by atoms with Gasteiger partial charge >= 0.3 is 5.97 Å². The first-order chi connectivity index (χ1) is 17.9. The highest BCUT2D eigenvalue weighted by Gasteiger charge is 2.75. The van der Waals surface area contributed by atoms with Gasteiger partial charge in [0.05, 0.1) is 11.6 Å². The van der Waals surface area contributed by atoms with E-state index in [1.807, 2.05) is 30.3 Å². The quantitative estimate of drug-likeness (QED) is 0.504. The fourth-order valence-corrected chi connectivity index (χ4v) is 8.14. The van der Waals surface area contributed by atoms with Crippen molar-refractivity contribution < 1.29 is 13.9 Å². The maximum absolute atomic E-state index is 14.4. The lowest BCUT2D eigenvalue weighted by Gasteiger charge is -2.45. The van der Waals surface area contributed by atoms with Crippen LogP contribution in [-0.4, -0.2) is 49.7 Å². The molecule has 0 amide bonds. The fraction of sp³-hybridized carbons (Fsp3) is 0.548. The molecule has 2 unspecified atom stereocenters. The molecular formula is C31H36FN3O2. The number of carbonyl (C=O) groups excluding carboxylic acids is 1. The Morgan fingerprint density at radius 1 is 1.14 bits per heavy atom. The lowest BCUT2D eigenvalue weighted by Crippen LogP contribution is -2.53. The molecule has 2 aromatic carbocycles. The topological polar surface area (TPSA) is 56.6 Å². The molecule has 0 radical (unpaired) electrons. The highest BCUT2D eigenvalue weighted by molar-refractivity contribution is 5.66. The summed E-state index contributed by atoms with van der Waals surface area (Å²) in [5.41, 5.74) is 2.90. The molecule has 2 aromatic rings. The number of rotatable bonds is 6. The van der Waals surface area contributed by atoms with Gasteiger partial charge in [-0.05, 0) is 99.5 Å². The second-order valence-corrected chi connectivity index (χ2v) is 11.8. The summed E-state index contributed by atoms with van der Waals surface area (Å²) in [6.45, 7) is 6.90. The van der Waals surface area contributed by atoms with E-state index in [-0.39, 0.29) is 28.7 Å². The first-order valence-electron chi connectivity index (χ1n) is 13.8. The van der Waals surface area contributed by atoms with E-state index < -0.39 is 0 Å². The van der Waals surface area contributed by atoms with Crippen molar-refractivity contribution in [3.05, 3.63) is 65.5 Å². The number of nitrogens with zero attached hydrogens (tertiary/aromatic N) is 3. The lowest BCUT2D eigenvalue weighted by molar-refractivity contribution is -0.149. The summed E-state index contributed by atoms with van der Waals surface area (Å²) in [4.78, 5) is 16.9. The first-order valence-corrected chi connectivity index (χ1v) is 13.8. The average Bonchev–Trinajstić information content (AvgIpc) is 3.41. The Bertz CT molecular complexity index is 1200. The van der Waals surface area contributed by atoms with Gasteiger partial charge in [0, 0.05) is 49.0 Å². The number of likely N-dealkylation sites (tertiary alicyclic amines) is 1. The van der Waals surface area contributed by atoms with E-state index in [1.54, 1.807) is 6.07 Å². The fourth-order valence-electron chi connectivity index (χ4n) is 8.14. The van der Waals surface area contributed by atoms with Crippen LogP contribution in [0, 0.1) is 34.4 Å². The van der Waals surface area contributed by atoms with Crippen LogP contribution in [0.15, 0.2) is 48.5 Å². The molecule has 2 aliphatic heterocycles. The Labute approximate surface area is 219 Å². The van der Waals surface area contributed by atoms with Crippen LogP contribution in [0.1, 0.15) is 56.6 Å². The normalized spacial score (nSPS) is 30.2. The minimum Gasteiger partial charge on any atom is -0.462 e. The van der Waals surface area contributed by atoms with Gasteiger partial charge in [-0.25, -0.2) is 4.39 Å². The van der Waals surface area contributed by atoms with Gasteiger partial charge in [0.2, 0.25) is 0 Å². The number of carbonyl (C=O) groups is 1. The molecule has 1 spiro atoms. The van der Waals surface area contributed by atoms with Crippen molar-refractivity contribution in [1.29, 1.82) is 5.26 Å². The minimum absolute atomic E-state index is 0.0329. The standard InChI is InChI=1S/C31H36FN3O2/c1-22(36)37-29-6-3-13-30(29)21-31(30,26-4-2-5-27(32)16-26)25-11-14-34(15-12-25)18-24-19-35(20-24)28-9-7-23(17-33)8-10-28/h2,4-5,7-10,16,24-25,29H,3,6,11-15,18-21H2,1H3/t29-,30?,31?/m0/s1. The number of hydrogen-bond acceptors (Lipinski definition) is 5. The Kier molecular flexibility index (Phi) is 6.23. The Hall–Kier alpha value is -2.91. The molecular weight excluding hydrogens is 465 g/mol. The van der Waals surface area contributed by atoms with Crippen molar-refractivity contribution in [2.45, 2.75) is 57.0 Å². The molecule has 0 bridgehead atoms. The van der Waals surface area contributed by atoms with E-state index in [9.17, 15) is 9.18 Å². The third-order valence-electron chi connectivity index (χ3n) is 9.83. The van der Waals surface area contributed by atoms with Crippen LogP contribution in [0.25, 0.3) is 0 Å². The van der Waals surface area contributed by atoms with Gasteiger partial charge < -0.3 is 14.5 Å². The van der Waals surface area contributed by atoms with Gasteiger partial charge in [-0.1, -0.05) is 12.1 Å². The van der Waals surface area contributed by atoms with Gasteiger partial charge in [0.15, 0.2) is 0 Å². The molecule has 2 saturated heterocycles. The van der Waals surface area contributed by atoms with Gasteiger partial charge in [-0.15, -0.1) is 0 Å². The second-order valence-electron chi connectivity index (χ2n) is 11.8. The van der Waals surface area contributed by atoms with Crippen molar-refractivity contribution in [3.63, 3.8) is 0 Å². The lowest BCUT2D eigenvalue weighted by atomic mass is 9.70. The molecule has 37 heavy (non-hydrogen) atoms. The number of anilines is 1. The molecule has 2 saturated carbocycles. The summed E-state index contributed by atoms with van der Waals surface area (Å²) >= 11 is 0. The number of nitriles is 1. The third-order valence-corrected chi connectivity index (χ3v) is 9.83. The third kappa shape index (κ3) is 4.22. The van der Waals surface area contributed by atoms with E-state index in [2.05, 4.69) is 21.9 Å². The number of benzene rings is 2. The Morgan fingerprint density at radius 3 is 2.57 bits per heavy atom. The summed E-state index contributed by atoms with van der Waals surface area (Å²) in [5, 5.41) is 9.01. The molecule has 6 rings (SSSR count). The zero-order valence-corrected chi connectivity index (χ0v) is 21.7. The van der Waals surface area contributed by atoms with Gasteiger partial charge in [0.1, 0.15) is 11.9 Å². The number of hydrogen-bond donors (Lipinski definition) is 0. The van der Waals surface area contributed by atoms with Crippen LogP contribution in [0.5, 0.6) is 0 Å². The van der Waals surface area contributed by atoms with Gasteiger partial charge in [-0.3, -0.25) is 4.79 Å². The zero-order valence-electron chi connectivity index (χ0n) is 21.7. The first kappa shape index (κ1) is 24.4. The maximum atomic E-state index is 14.4. The number of piperidine rings is 1. The minimum atomic E-state index is -0.198. The van der Waals surface area contributed by atoms with E-state index >= 15 is 0 Å². The van der Waals surface area contributed by atoms with E-state index in [1.165, 1.54) is 18.7 Å². The molecule has 0 N–H and O–H groups in total. The van der Waals surface area contributed by atoms with Crippen molar-refractivity contribution in [3.8, 4) is 6.07 Å². The molecule has 2 heterocycles. The molecule has 194 valence electrons. The largest absolute Gasteiger partial charge is 0.462 e. The Balaban J connectivity index is 1.10. The monoisotopic (exact) mass is 501 g/mol. The summed E-state index contributed by atoms with van der Waals surface area (Å²) in [6.07, 6.45) is 6.24. The summed E-state index contributed by atoms with van der Waals surface area (Å²) in [6, 6.07) is 17.3. The molecule has 0 aromatic heterocycles. The number of halogens is 1. The summed E-state index contributed by atoms with van der Waals surface area (Å²) < 4.78 is 20.3. The SMILES string of the molecule is CC(=O)O[C@H]1CCCC12CC2(c1cccc(F)c1)C1CCN(CC2CN(c3ccc(C#N)cc3)C2)CC1. The summed E-state index contributed by atoms with van der Waals surface area (Å²) in [5.74, 6) is 0.782. The predicted octanol–water partition coefficient (Wildman–Crippen LogP) is 5.29. The van der Waals surface area contributed by atoms with Crippen molar-refractivity contribution >= 4 is 11.7 Å². The number of esters is 1. The van der Waals surface area contributed by atoms with Crippen molar-refractivity contribution in [1.82, 2.24) is 4.90 Å². The molecule has 4 fully saturated rings. The summed E-state index contributed by atoms with van der Waals surface area (Å²) in [7, 11) is 0. The molecule has 5 nitrogen and oxygen atoms in total. The smallest absolute Gasteiger partial charge is 0.302 e. The Morgan fingerprint density at radius 2 is 1.89 bits per heavy atom. The van der Waals surface area contributed by atoms with Gasteiger partial charge in [-0.2, -0.15) is 5.26 Å².